The van der Waals surface area contributed by atoms with Gasteiger partial charge in [0.2, 0.25) is 0 Å². The summed E-state index contributed by atoms with van der Waals surface area (Å²) in [6, 6.07) is 13.4. The standard InChI is InChI=1S/C25H28FN3O4/c1-15(2)25-28-23(16-6-8-18(26)9-7-16)24(17-4-3-5-19(27)12-17)29(25)11-10-20(30)13-21(31)14-22(32)33/h3-12,15,20-21,30-31H,13-14,27H2,1-2H3,(H,32,33)/b11-10+. The third kappa shape index (κ3) is 6.06. The van der Waals surface area contributed by atoms with Crippen molar-refractivity contribution in [1.29, 1.82) is 0 Å². The van der Waals surface area contributed by atoms with E-state index in [9.17, 15) is 19.4 Å². The number of nitrogens with two attached hydrogens (primary N) is 1. The summed E-state index contributed by atoms with van der Waals surface area (Å²) in [5.74, 6) is -0.765. The van der Waals surface area contributed by atoms with Crippen LogP contribution >= 0.6 is 0 Å². The number of aliphatic carboxylic acids is 1. The molecule has 3 aromatic rings. The first-order chi connectivity index (χ1) is 15.7. The van der Waals surface area contributed by atoms with E-state index in [4.69, 9.17) is 15.8 Å². The molecular formula is C25H28FN3O4. The Kier molecular flexibility index (Phi) is 7.63. The van der Waals surface area contributed by atoms with Crippen LogP contribution in [0.15, 0.2) is 54.6 Å². The van der Waals surface area contributed by atoms with Crippen molar-refractivity contribution in [2.75, 3.05) is 5.73 Å². The first kappa shape index (κ1) is 24.2. The molecule has 2 aromatic carbocycles. The van der Waals surface area contributed by atoms with Crippen molar-refractivity contribution in [3.63, 3.8) is 0 Å². The Hall–Kier alpha value is -3.49. The molecule has 0 aliphatic heterocycles. The van der Waals surface area contributed by atoms with Crippen LogP contribution in [0.5, 0.6) is 0 Å². The number of carbonyl (C=O) groups is 1. The van der Waals surface area contributed by atoms with Crippen LogP contribution in [0.25, 0.3) is 28.7 Å². The van der Waals surface area contributed by atoms with Crippen molar-refractivity contribution in [2.45, 2.75) is 44.8 Å². The third-order valence-electron chi connectivity index (χ3n) is 5.11. The van der Waals surface area contributed by atoms with Gasteiger partial charge in [0.25, 0.3) is 0 Å². The zero-order valence-corrected chi connectivity index (χ0v) is 18.5. The third-order valence-corrected chi connectivity index (χ3v) is 5.11. The van der Waals surface area contributed by atoms with Crippen molar-refractivity contribution in [3.8, 4) is 22.5 Å². The number of hydrogen-bond acceptors (Lipinski definition) is 5. The van der Waals surface area contributed by atoms with E-state index in [1.165, 1.54) is 18.2 Å². The second-order valence-electron chi connectivity index (χ2n) is 8.22. The van der Waals surface area contributed by atoms with Gasteiger partial charge >= 0.3 is 5.97 Å². The molecule has 0 radical (unpaired) electrons. The van der Waals surface area contributed by atoms with E-state index in [-0.39, 0.29) is 18.2 Å². The average molecular weight is 454 g/mol. The number of carboxylic acids is 1. The van der Waals surface area contributed by atoms with Crippen molar-refractivity contribution in [1.82, 2.24) is 9.55 Å². The monoisotopic (exact) mass is 453 g/mol. The lowest BCUT2D eigenvalue weighted by atomic mass is 10.0. The number of rotatable bonds is 9. The predicted molar refractivity (Wildman–Crippen MR) is 126 cm³/mol. The number of aliphatic hydroxyl groups is 2. The number of nitrogens with zero attached hydrogens (tertiary/aromatic N) is 2. The zero-order chi connectivity index (χ0) is 24.1. The van der Waals surface area contributed by atoms with Gasteiger partial charge in [0.15, 0.2) is 0 Å². The van der Waals surface area contributed by atoms with Crippen LogP contribution in [0.2, 0.25) is 0 Å². The summed E-state index contributed by atoms with van der Waals surface area (Å²) in [5.41, 5.74) is 9.45. The molecule has 5 N–H and O–H groups in total. The summed E-state index contributed by atoms with van der Waals surface area (Å²) in [6.07, 6.45) is 0.348. The molecule has 0 spiro atoms. The molecule has 0 bridgehead atoms. The van der Waals surface area contributed by atoms with Gasteiger partial charge in [-0.25, -0.2) is 9.37 Å². The quantitative estimate of drug-likeness (QED) is 0.362. The maximum absolute atomic E-state index is 13.5. The molecule has 0 aliphatic carbocycles. The van der Waals surface area contributed by atoms with E-state index in [2.05, 4.69) is 0 Å². The first-order valence-corrected chi connectivity index (χ1v) is 10.7. The van der Waals surface area contributed by atoms with Gasteiger partial charge < -0.3 is 25.6 Å². The molecule has 33 heavy (non-hydrogen) atoms. The van der Waals surface area contributed by atoms with E-state index in [1.807, 2.05) is 36.6 Å². The Morgan fingerprint density at radius 2 is 1.85 bits per heavy atom. The second kappa shape index (κ2) is 10.4. The molecule has 0 aliphatic rings. The van der Waals surface area contributed by atoms with E-state index in [1.54, 1.807) is 24.4 Å². The van der Waals surface area contributed by atoms with Gasteiger partial charge in [-0.1, -0.05) is 26.0 Å². The maximum Gasteiger partial charge on any atom is 0.305 e. The number of benzene rings is 2. The molecule has 2 unspecified atom stereocenters. The number of aromatic nitrogens is 2. The number of halogens is 1. The maximum atomic E-state index is 13.5. The van der Waals surface area contributed by atoms with Crippen LogP contribution in [0.3, 0.4) is 0 Å². The Labute approximate surface area is 191 Å². The van der Waals surface area contributed by atoms with E-state index in [0.717, 1.165) is 11.1 Å². The Morgan fingerprint density at radius 3 is 2.45 bits per heavy atom. The van der Waals surface area contributed by atoms with Crippen LogP contribution in [0.4, 0.5) is 10.1 Å². The number of carboxylic acid groups (broad SMARTS) is 1. The van der Waals surface area contributed by atoms with Gasteiger partial charge in [-0.05, 0) is 42.5 Å². The predicted octanol–water partition coefficient (Wildman–Crippen LogP) is 4.12. The van der Waals surface area contributed by atoms with Crippen LogP contribution in [-0.4, -0.2) is 43.0 Å². The van der Waals surface area contributed by atoms with E-state index < -0.39 is 24.6 Å². The van der Waals surface area contributed by atoms with Crippen molar-refractivity contribution in [2.24, 2.45) is 0 Å². The van der Waals surface area contributed by atoms with Crippen LogP contribution in [0, 0.1) is 5.82 Å². The van der Waals surface area contributed by atoms with Gasteiger partial charge in [0, 0.05) is 35.4 Å². The molecule has 0 fully saturated rings. The van der Waals surface area contributed by atoms with Crippen LogP contribution < -0.4 is 5.73 Å². The zero-order valence-electron chi connectivity index (χ0n) is 18.5. The van der Waals surface area contributed by atoms with E-state index >= 15 is 0 Å². The highest BCUT2D eigenvalue weighted by atomic mass is 19.1. The molecule has 0 amide bonds. The minimum Gasteiger partial charge on any atom is -0.481 e. The summed E-state index contributed by atoms with van der Waals surface area (Å²) in [5, 5.41) is 29.0. The fourth-order valence-electron chi connectivity index (χ4n) is 3.61. The van der Waals surface area contributed by atoms with E-state index in [0.29, 0.717) is 22.9 Å². The highest BCUT2D eigenvalue weighted by Gasteiger charge is 2.21. The number of imidazole rings is 1. The number of hydrogen-bond donors (Lipinski definition) is 4. The van der Waals surface area contributed by atoms with Gasteiger partial charge in [0.1, 0.15) is 11.6 Å². The van der Waals surface area contributed by atoms with Gasteiger partial charge in [0.05, 0.1) is 30.0 Å². The summed E-state index contributed by atoms with van der Waals surface area (Å²) < 4.78 is 15.4. The lowest BCUT2D eigenvalue weighted by Gasteiger charge is -2.14. The molecule has 1 aromatic heterocycles. The van der Waals surface area contributed by atoms with Crippen molar-refractivity contribution >= 4 is 17.9 Å². The SMILES string of the molecule is CC(C)c1nc(-c2ccc(F)cc2)c(-c2cccc(N)c2)n1/C=C/C(O)CC(O)CC(=O)O. The van der Waals surface area contributed by atoms with Gasteiger partial charge in [-0.3, -0.25) is 4.79 Å². The van der Waals surface area contributed by atoms with Crippen LogP contribution in [0.1, 0.15) is 38.4 Å². The first-order valence-electron chi connectivity index (χ1n) is 10.7. The van der Waals surface area contributed by atoms with Crippen molar-refractivity contribution < 1.29 is 24.5 Å². The molecule has 3 rings (SSSR count). The normalized spacial score (nSPS) is 13.5. The summed E-state index contributed by atoms with van der Waals surface area (Å²) in [6.45, 7) is 3.97. The summed E-state index contributed by atoms with van der Waals surface area (Å²) >= 11 is 0. The van der Waals surface area contributed by atoms with Crippen molar-refractivity contribution in [3.05, 3.63) is 66.2 Å². The molecule has 8 heteroatoms. The Balaban J connectivity index is 2.11. The highest BCUT2D eigenvalue weighted by molar-refractivity contribution is 5.82. The second-order valence-corrected chi connectivity index (χ2v) is 8.22. The molecule has 0 saturated heterocycles. The van der Waals surface area contributed by atoms with Crippen LogP contribution in [-0.2, 0) is 4.79 Å². The summed E-state index contributed by atoms with van der Waals surface area (Å²) in [4.78, 5) is 15.6. The minimum atomic E-state index is -1.17. The average Bonchev–Trinajstić information content (AvgIpc) is 3.12. The molecule has 0 saturated carbocycles. The number of aliphatic hydroxyl groups excluding tert-OH is 2. The molecule has 7 nitrogen and oxygen atoms in total. The van der Waals surface area contributed by atoms with Gasteiger partial charge in [-0.2, -0.15) is 0 Å². The summed E-state index contributed by atoms with van der Waals surface area (Å²) in [7, 11) is 0. The number of nitrogen functional groups attached to an aromatic ring is 1. The topological polar surface area (TPSA) is 122 Å². The largest absolute Gasteiger partial charge is 0.481 e. The Morgan fingerprint density at radius 1 is 1.15 bits per heavy atom. The molecule has 1 heterocycles. The lowest BCUT2D eigenvalue weighted by molar-refractivity contribution is -0.139. The molecular weight excluding hydrogens is 425 g/mol. The Bertz CT molecular complexity index is 1140. The molecule has 2 atom stereocenters. The minimum absolute atomic E-state index is 0.0124. The lowest BCUT2D eigenvalue weighted by Crippen LogP contribution is -2.19. The van der Waals surface area contributed by atoms with Gasteiger partial charge in [-0.15, -0.1) is 0 Å². The highest BCUT2D eigenvalue weighted by Crippen LogP contribution is 2.36. The fourth-order valence-corrected chi connectivity index (χ4v) is 3.61. The smallest absolute Gasteiger partial charge is 0.305 e. The number of anilines is 1. The fraction of sp³-hybridized carbons (Fsp3) is 0.280. The molecule has 174 valence electrons.